The molecule has 1 atom stereocenters. The van der Waals surface area contributed by atoms with Gasteiger partial charge in [-0.3, -0.25) is 4.79 Å². The molecule has 0 saturated carbocycles. The van der Waals surface area contributed by atoms with Gasteiger partial charge in [-0.05, 0) is 71.1 Å². The van der Waals surface area contributed by atoms with Crippen LogP contribution in [0.3, 0.4) is 0 Å². The maximum absolute atomic E-state index is 12.7. The first-order valence-corrected chi connectivity index (χ1v) is 10.8. The number of aromatic nitrogens is 4. The standard InChI is InChI=1S/C22H27N5O2S/c1-14(2)21(17-7-10-19(29-5)11-8-17)23-20(28)13-30-22-24-25-26-27(22)18-9-6-15(3)16(4)12-18/h6-12,14,21H,13H2,1-5H3,(H,23,28). The molecular weight excluding hydrogens is 398 g/mol. The highest BCUT2D eigenvalue weighted by atomic mass is 32.2. The van der Waals surface area contributed by atoms with Gasteiger partial charge in [0.2, 0.25) is 11.1 Å². The second kappa shape index (κ2) is 9.75. The topological polar surface area (TPSA) is 81.9 Å². The normalized spacial score (nSPS) is 12.1. The number of thioether (sulfide) groups is 1. The van der Waals surface area contributed by atoms with E-state index in [0.717, 1.165) is 22.6 Å². The minimum absolute atomic E-state index is 0.0656. The van der Waals surface area contributed by atoms with Crippen LogP contribution in [0.1, 0.15) is 36.6 Å². The third kappa shape index (κ3) is 5.18. The smallest absolute Gasteiger partial charge is 0.230 e. The highest BCUT2D eigenvalue weighted by Crippen LogP contribution is 2.25. The number of ether oxygens (including phenoxy) is 1. The van der Waals surface area contributed by atoms with Crippen LogP contribution >= 0.6 is 11.8 Å². The average molecular weight is 426 g/mol. The zero-order valence-electron chi connectivity index (χ0n) is 17.9. The van der Waals surface area contributed by atoms with Gasteiger partial charge in [-0.1, -0.05) is 43.8 Å². The number of nitrogens with zero attached hydrogens (tertiary/aromatic N) is 4. The minimum Gasteiger partial charge on any atom is -0.497 e. The van der Waals surface area contributed by atoms with Crippen molar-refractivity contribution in [3.8, 4) is 11.4 Å². The van der Waals surface area contributed by atoms with E-state index in [0.29, 0.717) is 5.16 Å². The van der Waals surface area contributed by atoms with Crippen LogP contribution in [0, 0.1) is 19.8 Å². The van der Waals surface area contributed by atoms with E-state index in [-0.39, 0.29) is 23.6 Å². The van der Waals surface area contributed by atoms with Crippen molar-refractivity contribution in [1.82, 2.24) is 25.5 Å². The molecule has 3 aromatic rings. The number of rotatable bonds is 8. The number of benzene rings is 2. The van der Waals surface area contributed by atoms with Gasteiger partial charge in [0.25, 0.3) is 0 Å². The fourth-order valence-corrected chi connectivity index (χ4v) is 3.78. The van der Waals surface area contributed by atoms with Gasteiger partial charge >= 0.3 is 0 Å². The Morgan fingerprint density at radius 2 is 1.87 bits per heavy atom. The summed E-state index contributed by atoms with van der Waals surface area (Å²) in [4.78, 5) is 12.7. The van der Waals surface area contributed by atoms with E-state index >= 15 is 0 Å². The molecule has 0 bridgehead atoms. The highest BCUT2D eigenvalue weighted by Gasteiger charge is 2.19. The molecule has 0 spiro atoms. The first kappa shape index (κ1) is 21.8. The maximum atomic E-state index is 12.7. The summed E-state index contributed by atoms with van der Waals surface area (Å²) in [5.41, 5.74) is 4.29. The van der Waals surface area contributed by atoms with Crippen LogP contribution in [0.25, 0.3) is 5.69 Å². The molecule has 0 aliphatic rings. The molecule has 8 heteroatoms. The van der Waals surface area contributed by atoms with Crippen LogP contribution in [-0.2, 0) is 4.79 Å². The Kier molecular flexibility index (Phi) is 7.10. The van der Waals surface area contributed by atoms with Crippen molar-refractivity contribution in [1.29, 1.82) is 0 Å². The van der Waals surface area contributed by atoms with Crippen LogP contribution in [0.15, 0.2) is 47.6 Å². The Hall–Kier alpha value is -2.87. The summed E-state index contributed by atoms with van der Waals surface area (Å²) >= 11 is 1.32. The average Bonchev–Trinajstić information content (AvgIpc) is 3.21. The first-order chi connectivity index (χ1) is 14.4. The number of hydrogen-bond acceptors (Lipinski definition) is 6. The lowest BCUT2D eigenvalue weighted by atomic mass is 9.96. The fraction of sp³-hybridized carbons (Fsp3) is 0.364. The number of aryl methyl sites for hydroxylation is 2. The predicted molar refractivity (Wildman–Crippen MR) is 118 cm³/mol. The number of hydrogen-bond donors (Lipinski definition) is 1. The zero-order valence-corrected chi connectivity index (χ0v) is 18.7. The molecule has 30 heavy (non-hydrogen) atoms. The number of methoxy groups -OCH3 is 1. The van der Waals surface area contributed by atoms with Gasteiger partial charge in [0.1, 0.15) is 5.75 Å². The molecule has 7 nitrogen and oxygen atoms in total. The second-order valence-electron chi connectivity index (χ2n) is 7.49. The predicted octanol–water partition coefficient (Wildman–Crippen LogP) is 3.89. The van der Waals surface area contributed by atoms with Crippen LogP contribution < -0.4 is 10.1 Å². The molecule has 1 unspecified atom stereocenters. The number of nitrogens with one attached hydrogen (secondary N) is 1. The van der Waals surface area contributed by atoms with Crippen molar-refractivity contribution in [2.75, 3.05) is 12.9 Å². The summed E-state index contributed by atoms with van der Waals surface area (Å²) in [5.74, 6) is 1.20. The van der Waals surface area contributed by atoms with Crippen molar-refractivity contribution in [3.63, 3.8) is 0 Å². The number of tetrazole rings is 1. The Balaban J connectivity index is 1.66. The molecular formula is C22H27N5O2S. The Morgan fingerprint density at radius 3 is 2.50 bits per heavy atom. The molecule has 0 fully saturated rings. The molecule has 1 aromatic heterocycles. The van der Waals surface area contributed by atoms with Crippen molar-refractivity contribution >= 4 is 17.7 Å². The highest BCUT2D eigenvalue weighted by molar-refractivity contribution is 7.99. The van der Waals surface area contributed by atoms with E-state index in [4.69, 9.17) is 4.74 Å². The van der Waals surface area contributed by atoms with Gasteiger partial charge in [-0.15, -0.1) is 5.10 Å². The van der Waals surface area contributed by atoms with Gasteiger partial charge in [-0.2, -0.15) is 4.68 Å². The molecule has 0 aliphatic heterocycles. The van der Waals surface area contributed by atoms with Crippen LogP contribution in [0.5, 0.6) is 5.75 Å². The molecule has 3 rings (SSSR count). The second-order valence-corrected chi connectivity index (χ2v) is 8.44. The summed E-state index contributed by atoms with van der Waals surface area (Å²) in [6, 6.07) is 13.7. The molecule has 1 heterocycles. The van der Waals surface area contributed by atoms with E-state index in [1.807, 2.05) is 42.5 Å². The summed E-state index contributed by atoms with van der Waals surface area (Å²) in [7, 11) is 1.64. The Bertz CT molecular complexity index is 1000. The zero-order chi connectivity index (χ0) is 21.7. The van der Waals surface area contributed by atoms with E-state index in [1.54, 1.807) is 11.8 Å². The van der Waals surface area contributed by atoms with Crippen molar-refractivity contribution in [2.45, 2.75) is 38.9 Å². The Labute approximate surface area is 181 Å². The first-order valence-electron chi connectivity index (χ1n) is 9.81. The van der Waals surface area contributed by atoms with Gasteiger partial charge < -0.3 is 10.1 Å². The number of amides is 1. The van der Waals surface area contributed by atoms with E-state index in [2.05, 4.69) is 48.5 Å². The lowest BCUT2D eigenvalue weighted by Gasteiger charge is -2.23. The lowest BCUT2D eigenvalue weighted by Crippen LogP contribution is -2.33. The largest absolute Gasteiger partial charge is 0.497 e. The quantitative estimate of drug-likeness (QED) is 0.552. The monoisotopic (exact) mass is 425 g/mol. The van der Waals surface area contributed by atoms with Crippen molar-refractivity contribution in [2.24, 2.45) is 5.92 Å². The van der Waals surface area contributed by atoms with Crippen molar-refractivity contribution < 1.29 is 9.53 Å². The molecule has 0 aliphatic carbocycles. The molecule has 2 aromatic carbocycles. The summed E-state index contributed by atoms with van der Waals surface area (Å²) in [5, 5.41) is 15.7. The van der Waals surface area contributed by atoms with E-state index in [9.17, 15) is 4.79 Å². The third-order valence-electron chi connectivity index (χ3n) is 4.97. The lowest BCUT2D eigenvalue weighted by molar-refractivity contribution is -0.119. The molecule has 1 N–H and O–H groups in total. The van der Waals surface area contributed by atoms with Crippen LogP contribution in [0.2, 0.25) is 0 Å². The molecule has 158 valence electrons. The minimum atomic E-state index is -0.0836. The maximum Gasteiger partial charge on any atom is 0.230 e. The van der Waals surface area contributed by atoms with E-state index < -0.39 is 0 Å². The number of carbonyl (C=O) groups excluding carboxylic acids is 1. The molecule has 0 radical (unpaired) electrons. The summed E-state index contributed by atoms with van der Waals surface area (Å²) in [6.07, 6.45) is 0. The SMILES string of the molecule is COc1ccc(C(NC(=O)CSc2nnnn2-c2ccc(C)c(C)c2)C(C)C)cc1. The third-order valence-corrected chi connectivity index (χ3v) is 5.89. The van der Waals surface area contributed by atoms with Gasteiger partial charge in [0.05, 0.1) is 24.6 Å². The Morgan fingerprint density at radius 1 is 1.13 bits per heavy atom. The molecule has 1 amide bonds. The summed E-state index contributed by atoms with van der Waals surface area (Å²) < 4.78 is 6.88. The van der Waals surface area contributed by atoms with E-state index in [1.165, 1.54) is 17.3 Å². The van der Waals surface area contributed by atoms with Crippen molar-refractivity contribution in [3.05, 3.63) is 59.2 Å². The van der Waals surface area contributed by atoms with Crippen LogP contribution in [-0.4, -0.2) is 39.0 Å². The summed E-state index contributed by atoms with van der Waals surface area (Å²) in [6.45, 7) is 8.28. The van der Waals surface area contributed by atoms with Gasteiger partial charge in [0.15, 0.2) is 0 Å². The number of carbonyl (C=O) groups is 1. The van der Waals surface area contributed by atoms with Crippen LogP contribution in [0.4, 0.5) is 0 Å². The molecule has 0 saturated heterocycles. The van der Waals surface area contributed by atoms with Gasteiger partial charge in [-0.25, -0.2) is 0 Å². The fourth-order valence-electron chi connectivity index (χ4n) is 3.08. The van der Waals surface area contributed by atoms with Gasteiger partial charge in [0, 0.05) is 0 Å².